The standard InChI is InChI=1S/C21H24BrN3O5S2/c1-13(2)10-11-30-19-9-4-15(12-18(19)22)20(27)24-21(31)23-16-5-7-17(8-6-16)32(28,29)25-14(3)26/h4-9,12-13H,10-11H2,1-3H3,(H,25,26)(H2,23,24,27,31). The van der Waals surface area contributed by atoms with Gasteiger partial charge in [0.15, 0.2) is 5.11 Å². The van der Waals surface area contributed by atoms with Crippen LogP contribution >= 0.6 is 28.1 Å². The van der Waals surface area contributed by atoms with Gasteiger partial charge >= 0.3 is 0 Å². The number of thiocarbonyl (C=S) groups is 1. The van der Waals surface area contributed by atoms with Crippen LogP contribution in [0.15, 0.2) is 51.8 Å². The molecule has 11 heteroatoms. The molecule has 0 aromatic heterocycles. The van der Waals surface area contributed by atoms with Crippen molar-refractivity contribution in [2.24, 2.45) is 5.92 Å². The Balaban J connectivity index is 1.96. The van der Waals surface area contributed by atoms with Gasteiger partial charge in [0.2, 0.25) is 5.91 Å². The summed E-state index contributed by atoms with van der Waals surface area (Å²) in [6.45, 7) is 5.93. The van der Waals surface area contributed by atoms with Crippen molar-refractivity contribution in [2.45, 2.75) is 32.1 Å². The van der Waals surface area contributed by atoms with Crippen LogP contribution in [0.1, 0.15) is 37.6 Å². The molecule has 0 aliphatic carbocycles. The molecule has 0 unspecified atom stereocenters. The van der Waals surface area contributed by atoms with Gasteiger partial charge in [0.25, 0.3) is 15.9 Å². The van der Waals surface area contributed by atoms with E-state index in [2.05, 4.69) is 40.4 Å². The molecule has 0 heterocycles. The topological polar surface area (TPSA) is 114 Å². The van der Waals surface area contributed by atoms with E-state index in [1.807, 2.05) is 4.72 Å². The molecule has 0 saturated carbocycles. The van der Waals surface area contributed by atoms with E-state index in [4.69, 9.17) is 17.0 Å². The summed E-state index contributed by atoms with van der Waals surface area (Å²) in [5, 5.41) is 5.41. The average Bonchev–Trinajstić information content (AvgIpc) is 2.68. The van der Waals surface area contributed by atoms with E-state index in [0.29, 0.717) is 34.0 Å². The van der Waals surface area contributed by atoms with Crippen LogP contribution in [0.4, 0.5) is 5.69 Å². The predicted molar refractivity (Wildman–Crippen MR) is 130 cm³/mol. The monoisotopic (exact) mass is 541 g/mol. The van der Waals surface area contributed by atoms with Crippen LogP contribution in [0.5, 0.6) is 5.75 Å². The number of benzene rings is 2. The minimum absolute atomic E-state index is 0.0425. The second-order valence-electron chi connectivity index (χ2n) is 7.27. The molecule has 2 aromatic carbocycles. The lowest BCUT2D eigenvalue weighted by Gasteiger charge is -2.12. The highest BCUT2D eigenvalue weighted by Crippen LogP contribution is 2.26. The second-order valence-corrected chi connectivity index (χ2v) is 10.2. The number of rotatable bonds is 8. The summed E-state index contributed by atoms with van der Waals surface area (Å²) in [6.07, 6.45) is 0.925. The van der Waals surface area contributed by atoms with Crippen LogP contribution in [0.2, 0.25) is 0 Å². The summed E-state index contributed by atoms with van der Waals surface area (Å²) >= 11 is 8.57. The molecule has 2 aromatic rings. The van der Waals surface area contributed by atoms with Crippen LogP contribution in [-0.4, -0.2) is 32.0 Å². The molecule has 0 saturated heterocycles. The number of carbonyl (C=O) groups is 2. The number of halogens is 1. The van der Waals surface area contributed by atoms with Crippen molar-refractivity contribution >= 4 is 60.8 Å². The van der Waals surface area contributed by atoms with E-state index in [1.54, 1.807) is 18.2 Å². The summed E-state index contributed by atoms with van der Waals surface area (Å²) in [5.74, 6) is 0.0852. The van der Waals surface area contributed by atoms with Gasteiger partial charge in [-0.2, -0.15) is 0 Å². The Morgan fingerprint density at radius 2 is 1.78 bits per heavy atom. The van der Waals surface area contributed by atoms with Crippen molar-refractivity contribution in [1.29, 1.82) is 0 Å². The molecule has 0 fully saturated rings. The third kappa shape index (κ3) is 7.88. The predicted octanol–water partition coefficient (Wildman–Crippen LogP) is 3.83. The summed E-state index contributed by atoms with van der Waals surface area (Å²) in [7, 11) is -3.92. The normalized spacial score (nSPS) is 11.0. The molecule has 0 bridgehead atoms. The van der Waals surface area contributed by atoms with Gasteiger partial charge in [-0.15, -0.1) is 0 Å². The van der Waals surface area contributed by atoms with E-state index in [9.17, 15) is 18.0 Å². The first kappa shape index (κ1) is 25.8. The van der Waals surface area contributed by atoms with Crippen molar-refractivity contribution < 1.29 is 22.7 Å². The number of hydrogen-bond donors (Lipinski definition) is 3. The van der Waals surface area contributed by atoms with Crippen LogP contribution < -0.4 is 20.1 Å². The van der Waals surface area contributed by atoms with Gasteiger partial charge in [-0.25, -0.2) is 13.1 Å². The van der Waals surface area contributed by atoms with Crippen LogP contribution in [0, 0.1) is 5.92 Å². The number of nitrogens with one attached hydrogen (secondary N) is 3. The van der Waals surface area contributed by atoms with Gasteiger partial charge in [-0.05, 0) is 83.0 Å². The number of carbonyl (C=O) groups excluding carboxylic acids is 2. The van der Waals surface area contributed by atoms with Crippen molar-refractivity contribution in [3.63, 3.8) is 0 Å². The smallest absolute Gasteiger partial charge is 0.264 e. The van der Waals surface area contributed by atoms with E-state index in [1.165, 1.54) is 24.3 Å². The Morgan fingerprint density at radius 3 is 2.34 bits per heavy atom. The molecule has 0 radical (unpaired) electrons. The largest absolute Gasteiger partial charge is 0.492 e. The third-order valence-electron chi connectivity index (χ3n) is 4.07. The first-order valence-corrected chi connectivity index (χ1v) is 12.3. The Labute approximate surface area is 201 Å². The molecule has 32 heavy (non-hydrogen) atoms. The van der Waals surface area contributed by atoms with Crippen LogP contribution in [0.3, 0.4) is 0 Å². The maximum atomic E-state index is 12.5. The summed E-state index contributed by atoms with van der Waals surface area (Å²) in [6, 6.07) is 10.5. The maximum absolute atomic E-state index is 12.5. The molecule has 172 valence electrons. The quantitative estimate of drug-likeness (QED) is 0.435. The molecule has 8 nitrogen and oxygen atoms in total. The number of ether oxygens (including phenoxy) is 1. The molecular weight excluding hydrogens is 518 g/mol. The fourth-order valence-electron chi connectivity index (χ4n) is 2.47. The van der Waals surface area contributed by atoms with E-state index in [-0.39, 0.29) is 10.0 Å². The zero-order valence-corrected chi connectivity index (χ0v) is 21.0. The van der Waals surface area contributed by atoms with Gasteiger partial charge < -0.3 is 10.1 Å². The molecule has 3 N–H and O–H groups in total. The summed E-state index contributed by atoms with van der Waals surface area (Å²) in [4.78, 5) is 23.4. The first-order chi connectivity index (χ1) is 15.0. The van der Waals surface area contributed by atoms with Gasteiger partial charge in [0.1, 0.15) is 5.75 Å². The Bertz CT molecular complexity index is 1100. The van der Waals surface area contributed by atoms with Crippen LogP contribution in [0.25, 0.3) is 0 Å². The van der Waals surface area contributed by atoms with Gasteiger partial charge in [0, 0.05) is 18.2 Å². The van der Waals surface area contributed by atoms with E-state index < -0.39 is 21.8 Å². The molecule has 0 spiro atoms. The minimum atomic E-state index is -3.92. The van der Waals surface area contributed by atoms with E-state index in [0.717, 1.165) is 13.3 Å². The van der Waals surface area contributed by atoms with Gasteiger partial charge in [0.05, 0.1) is 16.0 Å². The SMILES string of the molecule is CC(=O)NS(=O)(=O)c1ccc(NC(=S)NC(=O)c2ccc(OCCC(C)C)c(Br)c2)cc1. The lowest BCUT2D eigenvalue weighted by atomic mass is 10.1. The first-order valence-electron chi connectivity index (χ1n) is 9.66. The Kier molecular flexibility index (Phi) is 9.17. The number of sulfonamides is 1. The maximum Gasteiger partial charge on any atom is 0.264 e. The van der Waals surface area contributed by atoms with Crippen molar-refractivity contribution in [3.8, 4) is 5.75 Å². The lowest BCUT2D eigenvalue weighted by molar-refractivity contribution is -0.117. The van der Waals surface area contributed by atoms with Gasteiger partial charge in [-0.3, -0.25) is 14.9 Å². The molecular formula is C21H24BrN3O5S2. The van der Waals surface area contributed by atoms with Gasteiger partial charge in [-0.1, -0.05) is 13.8 Å². The fraction of sp³-hybridized carbons (Fsp3) is 0.286. The van der Waals surface area contributed by atoms with Crippen LogP contribution in [-0.2, 0) is 14.8 Å². The highest BCUT2D eigenvalue weighted by atomic mass is 79.9. The molecule has 2 amide bonds. The fourth-order valence-corrected chi connectivity index (χ4v) is 4.16. The third-order valence-corrected chi connectivity index (χ3v) is 6.35. The number of amides is 2. The highest BCUT2D eigenvalue weighted by molar-refractivity contribution is 9.10. The zero-order valence-electron chi connectivity index (χ0n) is 17.8. The lowest BCUT2D eigenvalue weighted by Crippen LogP contribution is -2.34. The molecule has 2 rings (SSSR count). The summed E-state index contributed by atoms with van der Waals surface area (Å²) in [5.41, 5.74) is 0.848. The average molecular weight is 542 g/mol. The zero-order chi connectivity index (χ0) is 23.9. The molecule has 0 aliphatic heterocycles. The Hall–Kier alpha value is -2.50. The number of anilines is 1. The van der Waals surface area contributed by atoms with E-state index >= 15 is 0 Å². The van der Waals surface area contributed by atoms with Crippen molar-refractivity contribution in [3.05, 3.63) is 52.5 Å². The minimum Gasteiger partial charge on any atom is -0.492 e. The number of hydrogen-bond acceptors (Lipinski definition) is 6. The second kappa shape index (κ2) is 11.4. The highest BCUT2D eigenvalue weighted by Gasteiger charge is 2.15. The summed E-state index contributed by atoms with van der Waals surface area (Å²) < 4.78 is 32.2. The molecule has 0 aliphatic rings. The molecule has 0 atom stereocenters. The Morgan fingerprint density at radius 1 is 1.12 bits per heavy atom. The van der Waals surface area contributed by atoms with Crippen molar-refractivity contribution in [2.75, 3.05) is 11.9 Å². The van der Waals surface area contributed by atoms with Crippen molar-refractivity contribution in [1.82, 2.24) is 10.0 Å².